The number of rotatable bonds is 32. The van der Waals surface area contributed by atoms with Gasteiger partial charge in [-0.2, -0.15) is 5.26 Å². The van der Waals surface area contributed by atoms with Crippen molar-refractivity contribution in [3.63, 3.8) is 0 Å². The number of piperazine rings is 4. The molecule has 8 aromatic carbocycles. The maximum Gasteiger partial charge on any atom is 0.185 e. The van der Waals surface area contributed by atoms with Crippen molar-refractivity contribution >= 4 is 73.7 Å². The lowest BCUT2D eigenvalue weighted by Gasteiger charge is -2.43. The van der Waals surface area contributed by atoms with Gasteiger partial charge >= 0.3 is 0 Å². The van der Waals surface area contributed by atoms with Gasteiger partial charge in [-0.3, -0.25) is 19.6 Å². The van der Waals surface area contributed by atoms with Gasteiger partial charge < -0.3 is 28.8 Å². The molecular formula is C101H109ClF7N21O10S4. The number of aromatic nitrogens is 12. The zero-order valence-corrected chi connectivity index (χ0v) is 83.6. The van der Waals surface area contributed by atoms with Gasteiger partial charge in [-0.1, -0.05) is 132 Å². The molecule has 5 aliphatic heterocycles. The lowest BCUT2D eigenvalue weighted by molar-refractivity contribution is -0.0660. The topological polar surface area (TPSA) is 331 Å². The van der Waals surface area contributed by atoms with Gasteiger partial charge in [0.15, 0.2) is 74.3 Å². The SMILES string of the molecule is C#CCN1CCN(c2cccc(-c3cn(-c4c(F)ccc(CS(=O)(=O)CCC)c4F)nn3)c2)CC1.CCCS(=O)(=O)Cc1ccc(F)c(-n2cc(-c3cccc(N4CCN(C5COC5)CC4)c3)nn2)c1F.CCCS(=O)(=O)Cc1ccc(F)c(-n2cc(-c3cccc(N4CCN(CC#N)CC4)c3)nn2)c1F.O=S(=O)(Cc1ccc(F)c(-n2cc(-c3cccc(N4CCN(CC5CC5)CC4)c3)nn2)c1Cl)c1ccoc1. The fourth-order valence-electron chi connectivity index (χ4n) is 17.9. The Bertz CT molecular complexity index is 7070. The van der Waals surface area contributed by atoms with Crippen LogP contribution in [0.15, 0.2) is 198 Å². The van der Waals surface area contributed by atoms with Crippen molar-refractivity contribution in [2.75, 3.05) is 174 Å². The summed E-state index contributed by atoms with van der Waals surface area (Å²) >= 11 is 6.52. The number of halogens is 8. The van der Waals surface area contributed by atoms with E-state index in [0.717, 1.165) is 219 Å². The lowest BCUT2D eigenvalue weighted by Crippen LogP contribution is -2.56. The van der Waals surface area contributed by atoms with Crippen molar-refractivity contribution in [3.8, 4) is 86.2 Å². The first-order valence-corrected chi connectivity index (χ1v) is 55.0. The van der Waals surface area contributed by atoms with E-state index in [-0.39, 0.29) is 55.1 Å². The van der Waals surface area contributed by atoms with E-state index in [1.54, 1.807) is 27.0 Å². The Kier molecular flexibility index (Phi) is 33.6. The first kappa shape index (κ1) is 104. The van der Waals surface area contributed by atoms with Crippen molar-refractivity contribution in [3.05, 3.63) is 257 Å². The molecule has 13 aromatic rings. The minimum Gasteiger partial charge on any atom is -0.471 e. The zero-order chi connectivity index (χ0) is 102. The summed E-state index contributed by atoms with van der Waals surface area (Å²) in [5, 5.41) is 41.4. The van der Waals surface area contributed by atoms with Crippen molar-refractivity contribution in [2.45, 2.75) is 86.8 Å². The number of benzene rings is 8. The van der Waals surface area contributed by atoms with Crippen LogP contribution in [-0.4, -0.2) is 274 Å². The maximum atomic E-state index is 15.2. The Morgan fingerprint density at radius 1 is 0.410 bits per heavy atom. The zero-order valence-electron chi connectivity index (χ0n) is 79.6. The summed E-state index contributed by atoms with van der Waals surface area (Å²) in [6.45, 7) is 23.4. The number of hydrogen-bond donors (Lipinski definition) is 0. The molecule has 758 valence electrons. The molecule has 144 heavy (non-hydrogen) atoms. The van der Waals surface area contributed by atoms with Gasteiger partial charge in [-0.05, 0) is 122 Å². The number of ether oxygens (including phenoxy) is 1. The smallest absolute Gasteiger partial charge is 0.185 e. The molecule has 6 fully saturated rings. The molecule has 0 radical (unpaired) electrons. The minimum absolute atomic E-state index is 0.0340. The molecule has 0 amide bonds. The minimum atomic E-state index is -3.72. The van der Waals surface area contributed by atoms with Crippen LogP contribution in [0.2, 0.25) is 5.02 Å². The third-order valence-corrected chi connectivity index (χ3v) is 33.2. The van der Waals surface area contributed by atoms with Crippen LogP contribution in [-0.2, 0) is 67.1 Å². The van der Waals surface area contributed by atoms with Gasteiger partial charge in [0.2, 0.25) is 0 Å². The van der Waals surface area contributed by atoms with Crippen LogP contribution in [0.25, 0.3) is 67.8 Å². The van der Waals surface area contributed by atoms with Gasteiger partial charge in [0.05, 0.1) is 115 Å². The van der Waals surface area contributed by atoms with Crippen LogP contribution >= 0.6 is 11.6 Å². The number of sulfone groups is 4. The molecule has 43 heteroatoms. The van der Waals surface area contributed by atoms with Crippen LogP contribution in [0.4, 0.5) is 53.5 Å². The Hall–Kier alpha value is -12.8. The molecule has 0 unspecified atom stereocenters. The highest BCUT2D eigenvalue weighted by molar-refractivity contribution is 7.91. The fraction of sp³-hybridized carbons (Fsp3) is 0.376. The molecule has 0 spiro atoms. The second-order valence-corrected chi connectivity index (χ2v) is 45.1. The van der Waals surface area contributed by atoms with Gasteiger partial charge in [-0.25, -0.2) is 83.1 Å². The number of nitrogens with zero attached hydrogens (tertiary/aromatic N) is 21. The molecule has 1 saturated carbocycles. The Morgan fingerprint density at radius 3 is 1.06 bits per heavy atom. The van der Waals surface area contributed by atoms with E-state index >= 15 is 13.2 Å². The van der Waals surface area contributed by atoms with Crippen LogP contribution in [0.3, 0.4) is 0 Å². The third kappa shape index (κ3) is 25.8. The second kappa shape index (κ2) is 46.5. The van der Waals surface area contributed by atoms with E-state index in [9.17, 15) is 51.2 Å². The normalized spacial score (nSPS) is 15.9. The number of hydrogen-bond acceptors (Lipinski definition) is 27. The first-order valence-electron chi connectivity index (χ1n) is 47.5. The molecule has 6 aliphatic rings. The highest BCUT2D eigenvalue weighted by Gasteiger charge is 2.34. The van der Waals surface area contributed by atoms with Gasteiger partial charge in [0.1, 0.15) is 62.5 Å². The summed E-state index contributed by atoms with van der Waals surface area (Å²) in [5.74, 6) is -4.61. The van der Waals surface area contributed by atoms with Crippen LogP contribution in [0, 0.1) is 70.3 Å². The molecule has 5 saturated heterocycles. The van der Waals surface area contributed by atoms with Crippen LogP contribution in [0.1, 0.15) is 75.1 Å². The predicted molar refractivity (Wildman–Crippen MR) is 536 cm³/mol. The van der Waals surface area contributed by atoms with Gasteiger partial charge in [0.25, 0.3) is 0 Å². The average Bonchev–Trinajstić information content (AvgIpc) is 1.58. The third-order valence-electron chi connectivity index (χ3n) is 25.8. The van der Waals surface area contributed by atoms with Crippen molar-refractivity contribution in [2.24, 2.45) is 5.92 Å². The molecule has 19 rings (SSSR count). The van der Waals surface area contributed by atoms with Crippen molar-refractivity contribution < 1.29 is 73.6 Å². The van der Waals surface area contributed by atoms with E-state index < -0.39 is 120 Å². The predicted octanol–water partition coefficient (Wildman–Crippen LogP) is 14.4. The fourth-order valence-corrected chi connectivity index (χ4v) is 23.9. The molecular weight excluding hydrogens is 1960 g/mol. The van der Waals surface area contributed by atoms with E-state index in [4.69, 9.17) is 32.4 Å². The van der Waals surface area contributed by atoms with Gasteiger partial charge in [-0.15, -0.1) is 26.8 Å². The highest BCUT2D eigenvalue weighted by Crippen LogP contribution is 2.38. The summed E-state index contributed by atoms with van der Waals surface area (Å²) in [6, 6.07) is 44.5. The average molecular weight is 2070 g/mol. The van der Waals surface area contributed by atoms with E-state index in [2.05, 4.69) is 105 Å². The molecule has 1 aliphatic carbocycles. The monoisotopic (exact) mass is 2070 g/mol. The van der Waals surface area contributed by atoms with E-state index in [1.165, 1.54) is 73.2 Å². The highest BCUT2D eigenvalue weighted by atomic mass is 35.5. The quantitative estimate of drug-likeness (QED) is 0.0215. The summed E-state index contributed by atoms with van der Waals surface area (Å²) < 4.78 is 217. The molecule has 10 heterocycles. The van der Waals surface area contributed by atoms with Crippen molar-refractivity contribution in [1.29, 1.82) is 5.26 Å². The van der Waals surface area contributed by atoms with Crippen LogP contribution < -0.4 is 19.6 Å². The Morgan fingerprint density at radius 2 is 0.743 bits per heavy atom. The molecule has 31 nitrogen and oxygen atoms in total. The number of terminal acetylenes is 1. The summed E-state index contributed by atoms with van der Waals surface area (Å²) in [6.07, 6.45) is 17.8. The number of anilines is 4. The van der Waals surface area contributed by atoms with Crippen LogP contribution in [0.5, 0.6) is 0 Å². The molecule has 0 N–H and O–H groups in total. The summed E-state index contributed by atoms with van der Waals surface area (Å²) in [5.41, 5.74) is 7.72. The Labute approximate surface area is 837 Å². The van der Waals surface area contributed by atoms with E-state index in [0.29, 0.717) is 61.2 Å². The first-order chi connectivity index (χ1) is 69.3. The largest absolute Gasteiger partial charge is 0.471 e. The van der Waals surface area contributed by atoms with Gasteiger partial charge in [0, 0.05) is 173 Å². The lowest BCUT2D eigenvalue weighted by atomic mass is 10.1. The number of furan rings is 1. The molecule has 5 aromatic heterocycles. The van der Waals surface area contributed by atoms with Crippen molar-refractivity contribution in [1.82, 2.24) is 79.6 Å². The maximum absolute atomic E-state index is 15.2. The second-order valence-electron chi connectivity index (χ2n) is 36.2. The molecule has 0 bridgehead atoms. The van der Waals surface area contributed by atoms with E-state index in [1.807, 2.05) is 84.9 Å². The number of nitriles is 1. The molecule has 0 atom stereocenters. The Balaban J connectivity index is 0.000000138. The summed E-state index contributed by atoms with van der Waals surface area (Å²) in [4.78, 5) is 18.5. The standard InChI is InChI=1S/C27H27ClFN5O3S.C25H29F2N5O3S.C25H27F2N5O2S.C24H26F2N6O2S/c28-26-21(18-38(35,36)23-8-13-37-17-23)6-7-24(29)27(26)34-16-25(30-31-34)20-2-1-3-22(14-20)33-11-9-32(10-12-33)15-19-4-5-19;1-2-12-36(33,34)17-19-6-7-22(26)25(24(19)27)32-14-23(28-29-32)18-4-3-5-20(13-18)30-8-10-31(11-9-30)21-15-35-16-21;1-3-10-30-11-13-31(14-12-30)21-7-5-6-19(16-21)23-17-32(29-28-23)25-22(26)9-8-20(24(25)27)18-35(33,34)15-4-2;1-2-14-35(33,34)17-19-6-7-21(25)24(23(19)26)32-16-22(28-29-32)18-4-3-5-20(15-18)31-12-10-30(9-8-27)11-13-31/h1-3,6-8,13-14,16-17,19H,4-5,9-12,15,18H2;3-7,13-14,21H,2,8-12,15-17H2,1H3;1,5-9,16-17H,4,10-15,18H2,2H3;3-7,15-16H,2,9-14,17H2,1H3. The summed E-state index contributed by atoms with van der Waals surface area (Å²) in [7, 11) is -14.2.